The number of anilines is 1. The summed E-state index contributed by atoms with van der Waals surface area (Å²) < 4.78 is 24.0. The number of aromatic nitrogens is 1. The smallest absolute Gasteiger partial charge is 0.197 e. The van der Waals surface area contributed by atoms with E-state index < -0.39 is 41.2 Å². The molecule has 2 spiro atoms. The third kappa shape index (κ3) is 2.78. The van der Waals surface area contributed by atoms with Gasteiger partial charge in [-0.25, -0.2) is 9.37 Å². The van der Waals surface area contributed by atoms with Gasteiger partial charge in [-0.05, 0) is 80.4 Å². The van der Waals surface area contributed by atoms with Crippen LogP contribution < -0.4 is 5.73 Å². The first-order valence-corrected chi connectivity index (χ1v) is 13.6. The molecular formula is C30H36FN3O4. The first-order valence-electron chi connectivity index (χ1n) is 13.6. The Morgan fingerprint density at radius 1 is 1.11 bits per heavy atom. The molecule has 9 unspecified atom stereocenters. The summed E-state index contributed by atoms with van der Waals surface area (Å²) in [5.41, 5.74) is 3.84. The molecular weight excluding hydrogens is 485 g/mol. The number of alkyl halides is 1. The third-order valence-corrected chi connectivity index (χ3v) is 10.8. The molecule has 2 saturated heterocycles. The molecule has 1 aromatic carbocycles. The second kappa shape index (κ2) is 7.64. The largest absolute Gasteiger partial charge is 0.389 e. The van der Waals surface area contributed by atoms with Crippen LogP contribution in [-0.2, 0) is 4.74 Å². The number of benzene rings is 1. The molecule has 3 heterocycles. The number of nitrogen functional groups attached to an aromatic ring is 1. The molecule has 0 amide bonds. The zero-order valence-electron chi connectivity index (χ0n) is 22.1. The lowest BCUT2D eigenvalue weighted by atomic mass is 9.55. The van der Waals surface area contributed by atoms with Gasteiger partial charge in [0.2, 0.25) is 0 Å². The predicted molar refractivity (Wildman–Crippen MR) is 143 cm³/mol. The number of aliphatic hydroxyl groups excluding tert-OH is 3. The zero-order valence-corrected chi connectivity index (χ0v) is 22.1. The van der Waals surface area contributed by atoms with Crippen LogP contribution in [0.15, 0.2) is 48.2 Å². The molecule has 1 aromatic heterocycles. The lowest BCUT2D eigenvalue weighted by molar-refractivity contribution is -0.308. The van der Waals surface area contributed by atoms with Crippen molar-refractivity contribution in [1.82, 2.24) is 9.88 Å². The van der Waals surface area contributed by atoms with E-state index in [4.69, 9.17) is 10.5 Å². The molecule has 3 aliphatic carbocycles. The molecule has 5 aliphatic rings. The van der Waals surface area contributed by atoms with Gasteiger partial charge < -0.3 is 30.7 Å². The van der Waals surface area contributed by atoms with Gasteiger partial charge in [-0.2, -0.15) is 0 Å². The number of nitrogens with two attached hydrogens (primary N) is 1. The molecule has 7 rings (SSSR count). The Hall–Kier alpha value is -2.36. The summed E-state index contributed by atoms with van der Waals surface area (Å²) in [5, 5.41) is 35.7. The number of allylic oxidation sites excluding steroid dienone is 3. The zero-order chi connectivity index (χ0) is 26.8. The lowest BCUT2D eigenvalue weighted by Gasteiger charge is -2.62. The maximum atomic E-state index is 17.0. The highest BCUT2D eigenvalue weighted by atomic mass is 19.1. The number of pyridine rings is 1. The molecule has 38 heavy (non-hydrogen) atoms. The first-order chi connectivity index (χ1) is 18.0. The van der Waals surface area contributed by atoms with E-state index >= 15 is 4.39 Å². The first kappa shape index (κ1) is 24.7. The average molecular weight is 522 g/mol. The van der Waals surface area contributed by atoms with Crippen molar-refractivity contribution in [3.63, 3.8) is 0 Å². The fourth-order valence-corrected chi connectivity index (χ4v) is 8.86. The van der Waals surface area contributed by atoms with Crippen LogP contribution in [0.2, 0.25) is 0 Å². The van der Waals surface area contributed by atoms with Gasteiger partial charge in [0.1, 0.15) is 23.6 Å². The van der Waals surface area contributed by atoms with Gasteiger partial charge in [-0.3, -0.25) is 0 Å². The molecule has 2 aromatic rings. The van der Waals surface area contributed by atoms with Gasteiger partial charge in [0.15, 0.2) is 5.67 Å². The summed E-state index contributed by atoms with van der Waals surface area (Å²) in [4.78, 5) is 6.08. The van der Waals surface area contributed by atoms with Crippen LogP contribution in [0.1, 0.15) is 44.6 Å². The van der Waals surface area contributed by atoms with E-state index in [2.05, 4.69) is 36.2 Å². The van der Waals surface area contributed by atoms with E-state index in [1.165, 1.54) is 5.57 Å². The maximum Gasteiger partial charge on any atom is 0.197 e. The molecule has 3 fully saturated rings. The van der Waals surface area contributed by atoms with Crippen molar-refractivity contribution in [2.24, 2.45) is 11.3 Å². The minimum atomic E-state index is -2.47. The molecule has 5 N–H and O–H groups in total. The van der Waals surface area contributed by atoms with Crippen LogP contribution in [0, 0.1) is 11.3 Å². The Kier molecular flexibility index (Phi) is 4.96. The van der Waals surface area contributed by atoms with Crippen molar-refractivity contribution in [1.29, 1.82) is 0 Å². The number of hydrogen-bond donors (Lipinski definition) is 4. The third-order valence-electron chi connectivity index (χ3n) is 10.8. The number of hydrogen-bond acceptors (Lipinski definition) is 7. The fourth-order valence-electron chi connectivity index (χ4n) is 8.86. The van der Waals surface area contributed by atoms with E-state index in [1.807, 2.05) is 31.1 Å². The molecule has 202 valence electrons. The van der Waals surface area contributed by atoms with Crippen molar-refractivity contribution in [2.75, 3.05) is 19.8 Å². The molecule has 0 radical (unpaired) electrons. The lowest BCUT2D eigenvalue weighted by Crippen LogP contribution is -2.78. The number of fused-ring (bicyclic) bond motifs is 2. The Bertz CT molecular complexity index is 1410. The Morgan fingerprint density at radius 2 is 1.89 bits per heavy atom. The summed E-state index contributed by atoms with van der Waals surface area (Å²) in [6.45, 7) is 2.25. The van der Waals surface area contributed by atoms with Crippen molar-refractivity contribution in [3.05, 3.63) is 53.8 Å². The maximum absolute atomic E-state index is 17.0. The van der Waals surface area contributed by atoms with E-state index in [-0.39, 0.29) is 17.8 Å². The Balaban J connectivity index is 1.31. The minimum Gasteiger partial charge on any atom is -0.389 e. The summed E-state index contributed by atoms with van der Waals surface area (Å²) >= 11 is 0. The summed E-state index contributed by atoms with van der Waals surface area (Å²) in [7, 11) is 3.63. The highest BCUT2D eigenvalue weighted by molar-refractivity contribution is 5.88. The normalized spacial score (nSPS) is 45.4. The van der Waals surface area contributed by atoms with Crippen LogP contribution in [-0.4, -0.2) is 80.5 Å². The average Bonchev–Trinajstić information content (AvgIpc) is 3.42. The highest BCUT2D eigenvalue weighted by Crippen LogP contribution is 2.70. The highest BCUT2D eigenvalue weighted by Gasteiger charge is 2.79. The van der Waals surface area contributed by atoms with Gasteiger partial charge >= 0.3 is 0 Å². The van der Waals surface area contributed by atoms with Gasteiger partial charge in [0.05, 0.1) is 11.7 Å². The van der Waals surface area contributed by atoms with Crippen molar-refractivity contribution in [2.45, 2.75) is 80.3 Å². The summed E-state index contributed by atoms with van der Waals surface area (Å²) in [6, 6.07) is 7.74. The fraction of sp³-hybridized carbons (Fsp3) is 0.567. The number of halogens is 1. The van der Waals surface area contributed by atoms with E-state index in [0.717, 1.165) is 22.8 Å². The van der Waals surface area contributed by atoms with Crippen LogP contribution in [0.3, 0.4) is 0 Å². The Morgan fingerprint density at radius 3 is 2.66 bits per heavy atom. The van der Waals surface area contributed by atoms with Crippen LogP contribution >= 0.6 is 0 Å². The molecule has 2 aliphatic heterocycles. The van der Waals surface area contributed by atoms with Gasteiger partial charge in [0, 0.05) is 29.0 Å². The van der Waals surface area contributed by atoms with Crippen molar-refractivity contribution < 1.29 is 24.4 Å². The number of aliphatic hydroxyl groups is 3. The van der Waals surface area contributed by atoms with Crippen LogP contribution in [0.4, 0.5) is 10.2 Å². The summed E-state index contributed by atoms with van der Waals surface area (Å²) in [6.07, 6.45) is 3.99. The standard InChI is InChI=1S/C30H36FN3O4/c1-27-9-8-20-25(36)30(31)26(37)24(35)21(34(2)3)14-28(30)10-11-29(20,38-28)22(27)7-6-19(27)17-5-4-16-13-23(32)33-15-18(16)12-17/h4-6,8,12-13,15,21-22,24-26,35-37H,7,9-11,14H2,1-3H3,(H2,32,33). The Labute approximate surface area is 221 Å². The second-order valence-corrected chi connectivity index (χ2v) is 12.7. The SMILES string of the molecule is CN(C)C1CC23CCC4(O2)C(=CCC2(C)C(c5ccc6cc(N)ncc6c5)=CCC24)C(O)C3(F)C(O)C1O. The van der Waals surface area contributed by atoms with Gasteiger partial charge in [0.25, 0.3) is 0 Å². The number of nitrogens with zero attached hydrogens (tertiary/aromatic N) is 2. The molecule has 9 atom stereocenters. The van der Waals surface area contributed by atoms with Crippen molar-refractivity contribution in [3.8, 4) is 0 Å². The molecule has 7 nitrogen and oxygen atoms in total. The van der Waals surface area contributed by atoms with Gasteiger partial charge in [-0.15, -0.1) is 0 Å². The summed E-state index contributed by atoms with van der Waals surface area (Å²) in [5.74, 6) is 0.510. The molecule has 8 heteroatoms. The molecule has 2 bridgehead atoms. The van der Waals surface area contributed by atoms with Gasteiger partial charge in [-0.1, -0.05) is 31.2 Å². The second-order valence-electron chi connectivity index (χ2n) is 12.7. The number of ether oxygens (including phenoxy) is 1. The monoisotopic (exact) mass is 521 g/mol. The topological polar surface area (TPSA) is 112 Å². The van der Waals surface area contributed by atoms with E-state index in [0.29, 0.717) is 30.7 Å². The van der Waals surface area contributed by atoms with Crippen LogP contribution in [0.25, 0.3) is 16.3 Å². The van der Waals surface area contributed by atoms with Crippen molar-refractivity contribution >= 4 is 22.2 Å². The number of rotatable bonds is 2. The van der Waals surface area contributed by atoms with E-state index in [9.17, 15) is 15.3 Å². The minimum absolute atomic E-state index is 0.0191. The predicted octanol–water partition coefficient (Wildman–Crippen LogP) is 2.98. The van der Waals surface area contributed by atoms with Crippen LogP contribution in [0.5, 0.6) is 0 Å². The number of likely N-dealkylation sites (N-methyl/N-ethyl adjacent to an activating group) is 1. The quantitative estimate of drug-likeness (QED) is 0.450. The molecule has 1 saturated carbocycles. The van der Waals surface area contributed by atoms with E-state index in [1.54, 1.807) is 6.20 Å².